The van der Waals surface area contributed by atoms with E-state index in [2.05, 4.69) is 39.4 Å². The third kappa shape index (κ3) is 3.01. The molecule has 0 unspecified atom stereocenters. The first-order valence-electron chi connectivity index (χ1n) is 8.53. The number of rotatable bonds is 3. The summed E-state index contributed by atoms with van der Waals surface area (Å²) >= 11 is 0. The zero-order valence-corrected chi connectivity index (χ0v) is 13.6. The fraction of sp³-hybridized carbons (Fsp3) is 0.444. The number of nitrogens with zero attached hydrogens (tertiary/aromatic N) is 3. The molecule has 2 aliphatic heterocycles. The van der Waals surface area contributed by atoms with Crippen molar-refractivity contribution in [2.24, 2.45) is 0 Å². The zero-order valence-electron chi connectivity index (χ0n) is 13.6. The summed E-state index contributed by atoms with van der Waals surface area (Å²) in [5, 5.41) is 6.91. The lowest BCUT2D eigenvalue weighted by molar-refractivity contribution is -0.125. The Kier molecular flexibility index (Phi) is 4.21. The van der Waals surface area contributed by atoms with Crippen molar-refractivity contribution in [3.63, 3.8) is 0 Å². The Balaban J connectivity index is 1.40. The lowest BCUT2D eigenvalue weighted by Crippen LogP contribution is -2.41. The van der Waals surface area contributed by atoms with Crippen molar-refractivity contribution in [2.45, 2.75) is 18.8 Å². The van der Waals surface area contributed by atoms with Gasteiger partial charge in [-0.2, -0.15) is 5.10 Å². The quantitative estimate of drug-likeness (QED) is 0.939. The number of benzene rings is 1. The molecule has 6 heteroatoms. The number of aromatic nitrogens is 2. The van der Waals surface area contributed by atoms with Gasteiger partial charge in [-0.3, -0.25) is 9.89 Å². The van der Waals surface area contributed by atoms with Gasteiger partial charge in [-0.15, -0.1) is 0 Å². The Morgan fingerprint density at radius 2 is 1.88 bits per heavy atom. The second-order valence-electron chi connectivity index (χ2n) is 6.41. The Morgan fingerprint density at radius 3 is 2.54 bits per heavy atom. The molecule has 4 rings (SSSR count). The zero-order chi connectivity index (χ0) is 16.4. The van der Waals surface area contributed by atoms with Crippen LogP contribution in [0.2, 0.25) is 0 Å². The van der Waals surface area contributed by atoms with Crippen LogP contribution >= 0.6 is 0 Å². The minimum absolute atomic E-state index is 0.0439. The molecule has 126 valence electrons. The minimum atomic E-state index is 0.0439. The van der Waals surface area contributed by atoms with Gasteiger partial charge in [-0.05, 0) is 36.5 Å². The van der Waals surface area contributed by atoms with Gasteiger partial charge in [0.15, 0.2) is 0 Å². The first-order valence-corrected chi connectivity index (χ1v) is 8.53. The van der Waals surface area contributed by atoms with Crippen LogP contribution in [-0.2, 0) is 9.53 Å². The van der Waals surface area contributed by atoms with E-state index in [-0.39, 0.29) is 12.5 Å². The molecule has 0 spiro atoms. The van der Waals surface area contributed by atoms with E-state index < -0.39 is 0 Å². The molecule has 0 bridgehead atoms. The maximum Gasteiger partial charge on any atom is 0.253 e. The molecular weight excluding hydrogens is 304 g/mol. The molecule has 0 saturated carbocycles. The van der Waals surface area contributed by atoms with Crippen LogP contribution in [0.4, 0.5) is 11.4 Å². The first-order chi connectivity index (χ1) is 11.8. The van der Waals surface area contributed by atoms with E-state index in [0.717, 1.165) is 31.6 Å². The molecule has 0 radical (unpaired) electrons. The number of hydrogen-bond acceptors (Lipinski definition) is 4. The highest BCUT2D eigenvalue weighted by Crippen LogP contribution is 2.31. The number of morpholine rings is 1. The molecule has 1 aromatic heterocycles. The van der Waals surface area contributed by atoms with Crippen LogP contribution in [0.1, 0.15) is 24.3 Å². The van der Waals surface area contributed by atoms with Gasteiger partial charge in [0.05, 0.1) is 18.5 Å². The maximum atomic E-state index is 11.9. The second kappa shape index (κ2) is 6.65. The van der Waals surface area contributed by atoms with Gasteiger partial charge in [0.2, 0.25) is 0 Å². The summed E-state index contributed by atoms with van der Waals surface area (Å²) in [4.78, 5) is 16.1. The number of aromatic amines is 1. The molecule has 6 nitrogen and oxygen atoms in total. The Hall–Kier alpha value is -2.34. The summed E-state index contributed by atoms with van der Waals surface area (Å²) in [5.74, 6) is 0.630. The molecule has 0 atom stereocenters. The number of amides is 1. The van der Waals surface area contributed by atoms with Crippen molar-refractivity contribution in [3.05, 3.63) is 42.2 Å². The molecule has 0 aliphatic carbocycles. The number of nitrogens with one attached hydrogen (secondary N) is 1. The van der Waals surface area contributed by atoms with Crippen LogP contribution in [-0.4, -0.2) is 49.0 Å². The van der Waals surface area contributed by atoms with Crippen molar-refractivity contribution in [3.8, 4) is 0 Å². The largest absolute Gasteiger partial charge is 0.370 e. The summed E-state index contributed by atoms with van der Waals surface area (Å²) in [6.45, 7) is 3.54. The topological polar surface area (TPSA) is 61.5 Å². The van der Waals surface area contributed by atoms with Gasteiger partial charge in [0.1, 0.15) is 6.61 Å². The van der Waals surface area contributed by atoms with Crippen molar-refractivity contribution in [1.82, 2.24) is 10.2 Å². The van der Waals surface area contributed by atoms with Gasteiger partial charge < -0.3 is 14.5 Å². The predicted octanol–water partition coefficient (Wildman–Crippen LogP) is 2.16. The smallest absolute Gasteiger partial charge is 0.253 e. The Morgan fingerprint density at radius 1 is 1.08 bits per heavy atom. The number of carbonyl (C=O) groups is 1. The monoisotopic (exact) mass is 326 g/mol. The van der Waals surface area contributed by atoms with Gasteiger partial charge in [0, 0.05) is 31.5 Å². The number of H-pyrrole nitrogens is 1. The van der Waals surface area contributed by atoms with E-state index in [9.17, 15) is 4.79 Å². The lowest BCUT2D eigenvalue weighted by Gasteiger charge is -2.33. The van der Waals surface area contributed by atoms with Gasteiger partial charge >= 0.3 is 0 Å². The van der Waals surface area contributed by atoms with Crippen LogP contribution in [0.5, 0.6) is 0 Å². The highest BCUT2D eigenvalue weighted by atomic mass is 16.5. The summed E-state index contributed by atoms with van der Waals surface area (Å²) in [6.07, 6.45) is 6.12. The Bertz CT molecular complexity index is 676. The van der Waals surface area contributed by atoms with Gasteiger partial charge in [0.25, 0.3) is 5.91 Å². The van der Waals surface area contributed by atoms with E-state index in [1.54, 1.807) is 0 Å². The maximum absolute atomic E-state index is 11.9. The van der Waals surface area contributed by atoms with Crippen LogP contribution in [0.15, 0.2) is 36.7 Å². The molecule has 2 aromatic rings. The average Bonchev–Trinajstić information content (AvgIpc) is 3.17. The molecule has 2 fully saturated rings. The molecule has 1 aromatic carbocycles. The third-order valence-electron chi connectivity index (χ3n) is 5.01. The summed E-state index contributed by atoms with van der Waals surface area (Å²) < 4.78 is 5.19. The van der Waals surface area contributed by atoms with E-state index in [1.807, 2.05) is 17.3 Å². The Labute approximate surface area is 141 Å². The highest BCUT2D eigenvalue weighted by molar-refractivity contribution is 5.94. The van der Waals surface area contributed by atoms with Crippen LogP contribution in [0.3, 0.4) is 0 Å². The minimum Gasteiger partial charge on any atom is -0.370 e. The predicted molar refractivity (Wildman–Crippen MR) is 92.4 cm³/mol. The fourth-order valence-electron chi connectivity index (χ4n) is 3.61. The standard InChI is InChI=1S/C18H22N4O2/c23-18-13-24-10-9-22(18)16-3-1-14(2-4-16)15-5-7-21(8-6-15)17-11-19-20-12-17/h1-4,11-12,15H,5-10,13H2,(H,19,20). The van der Waals surface area contributed by atoms with Crippen LogP contribution < -0.4 is 9.80 Å². The molecule has 2 saturated heterocycles. The molecule has 3 heterocycles. The van der Waals surface area contributed by atoms with E-state index in [1.165, 1.54) is 11.3 Å². The molecule has 2 aliphatic rings. The molecule has 1 N–H and O–H groups in total. The van der Waals surface area contributed by atoms with Gasteiger partial charge in [-0.25, -0.2) is 0 Å². The summed E-state index contributed by atoms with van der Waals surface area (Å²) in [5.41, 5.74) is 3.52. The first kappa shape index (κ1) is 15.2. The van der Waals surface area contributed by atoms with Crippen LogP contribution in [0, 0.1) is 0 Å². The van der Waals surface area contributed by atoms with Crippen molar-refractivity contribution in [1.29, 1.82) is 0 Å². The number of hydrogen-bond donors (Lipinski definition) is 1. The van der Waals surface area contributed by atoms with E-state index in [0.29, 0.717) is 19.1 Å². The number of piperidine rings is 1. The lowest BCUT2D eigenvalue weighted by atomic mass is 9.89. The van der Waals surface area contributed by atoms with Crippen molar-refractivity contribution >= 4 is 17.3 Å². The molecule has 1 amide bonds. The van der Waals surface area contributed by atoms with E-state index >= 15 is 0 Å². The SMILES string of the molecule is O=C1COCCN1c1ccc(C2CCN(c3cn[nH]c3)CC2)cc1. The van der Waals surface area contributed by atoms with Crippen LogP contribution in [0.25, 0.3) is 0 Å². The number of anilines is 2. The van der Waals surface area contributed by atoms with E-state index in [4.69, 9.17) is 4.74 Å². The fourth-order valence-corrected chi connectivity index (χ4v) is 3.61. The van der Waals surface area contributed by atoms with Gasteiger partial charge in [-0.1, -0.05) is 12.1 Å². The normalized spacial score (nSPS) is 19.8. The highest BCUT2D eigenvalue weighted by Gasteiger charge is 2.23. The molecule has 24 heavy (non-hydrogen) atoms. The molecular formula is C18H22N4O2. The van der Waals surface area contributed by atoms with Crippen molar-refractivity contribution in [2.75, 3.05) is 42.6 Å². The summed E-state index contributed by atoms with van der Waals surface area (Å²) in [6, 6.07) is 8.49. The van der Waals surface area contributed by atoms with Crippen molar-refractivity contribution < 1.29 is 9.53 Å². The summed E-state index contributed by atoms with van der Waals surface area (Å²) in [7, 11) is 0. The number of carbonyl (C=O) groups excluding carboxylic acids is 1. The third-order valence-corrected chi connectivity index (χ3v) is 5.01. The second-order valence-corrected chi connectivity index (χ2v) is 6.41. The average molecular weight is 326 g/mol. The number of ether oxygens (including phenoxy) is 1.